The Kier molecular flexibility index (Phi) is 4.61. The molecule has 2 aromatic heterocycles. The van der Waals surface area contributed by atoms with Gasteiger partial charge in [0.2, 0.25) is 0 Å². The smallest absolute Gasteiger partial charge is 0.268 e. The van der Waals surface area contributed by atoms with Crippen LogP contribution < -0.4 is 0 Å². The predicted octanol–water partition coefficient (Wildman–Crippen LogP) is 2.36. The van der Waals surface area contributed by atoms with Gasteiger partial charge in [0.15, 0.2) is 0 Å². The van der Waals surface area contributed by atoms with Gasteiger partial charge in [0.25, 0.3) is 21.8 Å². The van der Waals surface area contributed by atoms with Crippen molar-refractivity contribution in [2.24, 2.45) is 5.92 Å². The Morgan fingerprint density at radius 2 is 2.04 bits per heavy atom. The van der Waals surface area contributed by atoms with Crippen molar-refractivity contribution < 1.29 is 18.0 Å². The van der Waals surface area contributed by atoms with Crippen LogP contribution in [0.15, 0.2) is 34.7 Å². The minimum atomic E-state index is -3.54. The second-order valence-electron chi connectivity index (χ2n) is 6.93. The number of thiophene rings is 1. The van der Waals surface area contributed by atoms with Gasteiger partial charge < -0.3 is 0 Å². The van der Waals surface area contributed by atoms with Crippen LogP contribution in [-0.2, 0) is 16.6 Å². The molecule has 0 bridgehead atoms. The van der Waals surface area contributed by atoms with Crippen molar-refractivity contribution in [2.45, 2.75) is 30.5 Å². The zero-order chi connectivity index (χ0) is 19.2. The van der Waals surface area contributed by atoms with Crippen molar-refractivity contribution in [3.05, 3.63) is 46.6 Å². The average Bonchev–Trinajstić information content (AvgIpc) is 3.22. The van der Waals surface area contributed by atoms with Crippen molar-refractivity contribution in [3.63, 3.8) is 0 Å². The molecule has 142 valence electrons. The van der Waals surface area contributed by atoms with Gasteiger partial charge in [-0.1, -0.05) is 6.92 Å². The fourth-order valence-corrected chi connectivity index (χ4v) is 6.58. The number of pyridine rings is 1. The lowest BCUT2D eigenvalue weighted by atomic mass is 10.0. The number of amides is 2. The number of carbonyl (C=O) groups excluding carboxylic acids is 2. The maximum absolute atomic E-state index is 12.9. The topological polar surface area (TPSA) is 87.7 Å². The second-order valence-corrected chi connectivity index (χ2v) is 10.3. The number of nitrogens with zero attached hydrogens (tertiary/aromatic N) is 3. The van der Waals surface area contributed by atoms with E-state index in [9.17, 15) is 18.0 Å². The molecule has 0 aromatic carbocycles. The monoisotopic (exact) mass is 405 g/mol. The number of hydrogen-bond acceptors (Lipinski definition) is 6. The van der Waals surface area contributed by atoms with Crippen LogP contribution in [0.25, 0.3) is 0 Å². The molecule has 0 saturated carbocycles. The first-order chi connectivity index (χ1) is 12.9. The highest BCUT2D eigenvalue weighted by molar-refractivity contribution is 7.91. The summed E-state index contributed by atoms with van der Waals surface area (Å²) < 4.78 is 27.5. The summed E-state index contributed by atoms with van der Waals surface area (Å²) in [6, 6.07) is 6.42. The molecule has 0 N–H and O–H groups in total. The van der Waals surface area contributed by atoms with Crippen LogP contribution in [0.2, 0.25) is 0 Å². The number of sulfonamides is 1. The van der Waals surface area contributed by atoms with Crippen molar-refractivity contribution in [3.8, 4) is 0 Å². The zero-order valence-electron chi connectivity index (χ0n) is 14.8. The summed E-state index contributed by atoms with van der Waals surface area (Å²) in [6.07, 6.45) is 3.37. The number of piperidine rings is 1. The van der Waals surface area contributed by atoms with E-state index in [4.69, 9.17) is 0 Å². The van der Waals surface area contributed by atoms with Crippen molar-refractivity contribution >= 4 is 33.2 Å². The third-order valence-corrected chi connectivity index (χ3v) is 8.30. The molecule has 2 aromatic rings. The summed E-state index contributed by atoms with van der Waals surface area (Å²) >= 11 is 1.11. The molecule has 27 heavy (non-hydrogen) atoms. The molecule has 7 nitrogen and oxygen atoms in total. The molecule has 2 amide bonds. The zero-order valence-corrected chi connectivity index (χ0v) is 16.4. The molecular formula is C18H19N3O4S2. The van der Waals surface area contributed by atoms with Crippen LogP contribution >= 0.6 is 11.3 Å². The Labute approximate surface area is 161 Å². The maximum atomic E-state index is 12.9. The van der Waals surface area contributed by atoms with Gasteiger partial charge in [-0.25, -0.2) is 8.42 Å². The highest BCUT2D eigenvalue weighted by atomic mass is 32.2. The minimum Gasteiger partial charge on any atom is -0.268 e. The molecular weight excluding hydrogens is 386 g/mol. The fourth-order valence-electron chi connectivity index (χ4n) is 3.49. The molecule has 4 rings (SSSR count). The predicted molar refractivity (Wildman–Crippen MR) is 99.9 cm³/mol. The highest BCUT2D eigenvalue weighted by Crippen LogP contribution is 2.30. The van der Waals surface area contributed by atoms with Crippen LogP contribution in [-0.4, -0.2) is 47.5 Å². The Balaban J connectivity index is 1.54. The molecule has 2 aliphatic rings. The second kappa shape index (κ2) is 6.81. The van der Waals surface area contributed by atoms with Crippen molar-refractivity contribution in [1.29, 1.82) is 0 Å². The van der Waals surface area contributed by atoms with E-state index >= 15 is 0 Å². The lowest BCUT2D eigenvalue weighted by Gasteiger charge is -2.29. The summed E-state index contributed by atoms with van der Waals surface area (Å²) in [5, 5.41) is 0. The van der Waals surface area contributed by atoms with E-state index in [-0.39, 0.29) is 22.0 Å². The third kappa shape index (κ3) is 3.19. The van der Waals surface area contributed by atoms with Gasteiger partial charge >= 0.3 is 0 Å². The highest BCUT2D eigenvalue weighted by Gasteiger charge is 2.37. The lowest BCUT2D eigenvalue weighted by Crippen LogP contribution is -2.38. The SMILES string of the molecule is CC1CCCN(S(=O)(=O)c2ccc(CN3C(=O)c4cccnc4C3=O)s2)C1. The van der Waals surface area contributed by atoms with Crippen LogP contribution in [0.4, 0.5) is 0 Å². The van der Waals surface area contributed by atoms with Gasteiger partial charge in [-0.3, -0.25) is 19.5 Å². The molecule has 2 aliphatic heterocycles. The first-order valence-electron chi connectivity index (χ1n) is 8.78. The minimum absolute atomic E-state index is 0.0462. The maximum Gasteiger partial charge on any atom is 0.280 e. The van der Waals surface area contributed by atoms with Crippen LogP contribution in [0.5, 0.6) is 0 Å². The quantitative estimate of drug-likeness (QED) is 0.729. The Bertz CT molecular complexity index is 980. The third-order valence-electron chi connectivity index (χ3n) is 4.90. The fraction of sp³-hybridized carbons (Fsp3) is 0.389. The van der Waals surface area contributed by atoms with Crippen molar-refractivity contribution in [1.82, 2.24) is 14.2 Å². The molecule has 0 aliphatic carbocycles. The number of rotatable bonds is 4. The molecule has 1 saturated heterocycles. The summed E-state index contributed by atoms with van der Waals surface area (Å²) in [4.78, 5) is 30.6. The Morgan fingerprint density at radius 1 is 1.22 bits per heavy atom. The number of carbonyl (C=O) groups is 2. The van der Waals surface area contributed by atoms with E-state index in [1.54, 1.807) is 24.3 Å². The Hall–Kier alpha value is -2.10. The van der Waals surface area contributed by atoms with E-state index in [0.29, 0.717) is 23.9 Å². The van der Waals surface area contributed by atoms with E-state index < -0.39 is 21.8 Å². The Morgan fingerprint density at radius 3 is 2.78 bits per heavy atom. The van der Waals surface area contributed by atoms with Crippen LogP contribution in [0, 0.1) is 5.92 Å². The normalized spacial score (nSPS) is 20.9. The molecule has 0 spiro atoms. The standard InChI is InChI=1S/C18H19N3O4S2/c1-12-4-3-9-20(10-12)27(24,25)15-7-6-13(26-15)11-21-17(22)14-5-2-8-19-16(14)18(21)23/h2,5-8,12H,3-4,9-11H2,1H3. The van der Waals surface area contributed by atoms with Gasteiger partial charge in [-0.2, -0.15) is 4.31 Å². The van der Waals surface area contributed by atoms with Crippen molar-refractivity contribution in [2.75, 3.05) is 13.1 Å². The summed E-state index contributed by atoms with van der Waals surface area (Å²) in [5.74, 6) is -0.497. The number of aromatic nitrogens is 1. The lowest BCUT2D eigenvalue weighted by molar-refractivity contribution is 0.0642. The number of hydrogen-bond donors (Lipinski definition) is 0. The van der Waals surface area contributed by atoms with Crippen LogP contribution in [0.1, 0.15) is 45.5 Å². The summed E-state index contributed by atoms with van der Waals surface area (Å²) in [7, 11) is -3.54. The average molecular weight is 406 g/mol. The van der Waals surface area contributed by atoms with E-state index in [1.807, 2.05) is 0 Å². The number of fused-ring (bicyclic) bond motifs is 1. The molecule has 1 atom stereocenters. The largest absolute Gasteiger partial charge is 0.280 e. The van der Waals surface area contributed by atoms with E-state index in [0.717, 1.165) is 29.1 Å². The molecule has 9 heteroatoms. The molecule has 1 fully saturated rings. The first-order valence-corrected chi connectivity index (χ1v) is 11.0. The van der Waals surface area contributed by atoms with Gasteiger partial charge in [0.05, 0.1) is 12.1 Å². The molecule has 0 radical (unpaired) electrons. The van der Waals surface area contributed by atoms with E-state index in [1.165, 1.54) is 10.5 Å². The van der Waals surface area contributed by atoms with Gasteiger partial charge in [0.1, 0.15) is 9.90 Å². The summed E-state index contributed by atoms with van der Waals surface area (Å²) in [6.45, 7) is 3.16. The molecule has 4 heterocycles. The molecule has 1 unspecified atom stereocenters. The van der Waals surface area contributed by atoms with Gasteiger partial charge in [-0.05, 0) is 43.0 Å². The van der Waals surface area contributed by atoms with Gasteiger partial charge in [-0.15, -0.1) is 11.3 Å². The first kappa shape index (κ1) is 18.3. The summed E-state index contributed by atoms with van der Waals surface area (Å²) in [5.41, 5.74) is 0.434. The van der Waals surface area contributed by atoms with Crippen LogP contribution in [0.3, 0.4) is 0 Å². The van der Waals surface area contributed by atoms with E-state index in [2.05, 4.69) is 11.9 Å². The number of imide groups is 1. The van der Waals surface area contributed by atoms with Gasteiger partial charge in [0, 0.05) is 24.2 Å².